The number of aliphatic carboxylic acids is 1. The quantitative estimate of drug-likeness (QED) is 0.731. The third-order valence-electron chi connectivity index (χ3n) is 5.20. The minimum Gasteiger partial charge on any atom is -0.480 e. The first kappa shape index (κ1) is 16.1. The molecule has 2 aliphatic rings. The molecule has 2 rings (SSSR count). The lowest BCUT2D eigenvalue weighted by Gasteiger charge is -2.38. The number of likely N-dealkylation sites (tertiary alicyclic amines) is 1. The first-order valence-corrected chi connectivity index (χ1v) is 8.01. The Morgan fingerprint density at radius 2 is 1.95 bits per heavy atom. The molecule has 1 saturated carbocycles. The van der Waals surface area contributed by atoms with Crippen LogP contribution in [0.5, 0.6) is 0 Å². The number of rotatable bonds is 4. The van der Waals surface area contributed by atoms with Crippen LogP contribution < -0.4 is 11.1 Å². The van der Waals surface area contributed by atoms with Crippen LogP contribution in [-0.4, -0.2) is 47.2 Å². The summed E-state index contributed by atoms with van der Waals surface area (Å²) in [5.74, 6) is 0.0233. The van der Waals surface area contributed by atoms with E-state index in [1.807, 2.05) is 0 Å². The lowest BCUT2D eigenvalue weighted by Crippen LogP contribution is -2.59. The fourth-order valence-electron chi connectivity index (χ4n) is 3.46. The maximum absolute atomic E-state index is 12.3. The summed E-state index contributed by atoms with van der Waals surface area (Å²) >= 11 is 0. The highest BCUT2D eigenvalue weighted by Gasteiger charge is 2.44. The van der Waals surface area contributed by atoms with Crippen molar-refractivity contribution in [3.05, 3.63) is 0 Å². The molecule has 6 heteroatoms. The molecule has 0 aromatic rings. The average Bonchev–Trinajstić information content (AvgIpc) is 2.97. The second kappa shape index (κ2) is 6.64. The van der Waals surface area contributed by atoms with Crippen LogP contribution in [0.4, 0.5) is 4.79 Å². The molecule has 1 unspecified atom stereocenters. The van der Waals surface area contributed by atoms with E-state index in [2.05, 4.69) is 12.2 Å². The van der Waals surface area contributed by atoms with E-state index < -0.39 is 11.5 Å². The van der Waals surface area contributed by atoms with Crippen LogP contribution in [0.2, 0.25) is 0 Å². The second-order valence-electron chi connectivity index (χ2n) is 6.51. The first-order valence-electron chi connectivity index (χ1n) is 8.01. The zero-order chi connectivity index (χ0) is 15.5. The number of nitrogens with zero attached hydrogens (tertiary/aromatic N) is 1. The van der Waals surface area contributed by atoms with Crippen molar-refractivity contribution in [2.45, 2.75) is 51.0 Å². The van der Waals surface area contributed by atoms with Gasteiger partial charge in [0.1, 0.15) is 5.54 Å². The lowest BCUT2D eigenvalue weighted by molar-refractivity contribution is -0.146. The normalized spacial score (nSPS) is 33.0. The minimum atomic E-state index is -1.08. The van der Waals surface area contributed by atoms with E-state index in [0.29, 0.717) is 44.3 Å². The summed E-state index contributed by atoms with van der Waals surface area (Å²) in [7, 11) is 0. The Morgan fingerprint density at radius 1 is 1.29 bits per heavy atom. The van der Waals surface area contributed by atoms with Crippen molar-refractivity contribution < 1.29 is 14.7 Å². The van der Waals surface area contributed by atoms with E-state index in [4.69, 9.17) is 5.73 Å². The predicted molar refractivity (Wildman–Crippen MR) is 79.9 cm³/mol. The molecule has 0 aromatic heterocycles. The molecule has 1 heterocycles. The van der Waals surface area contributed by atoms with E-state index in [9.17, 15) is 14.7 Å². The SMILES string of the molecule is CCC1CCC(NC(=O)N2CCC(CN)C2)(C(=O)O)CC1. The van der Waals surface area contributed by atoms with Gasteiger partial charge in [-0.25, -0.2) is 9.59 Å². The number of urea groups is 1. The number of hydrogen-bond donors (Lipinski definition) is 3. The van der Waals surface area contributed by atoms with Gasteiger partial charge in [0.05, 0.1) is 0 Å². The number of carboxylic acids is 1. The molecule has 2 amide bonds. The summed E-state index contributed by atoms with van der Waals surface area (Å²) in [5, 5.41) is 12.4. The monoisotopic (exact) mass is 297 g/mol. The zero-order valence-corrected chi connectivity index (χ0v) is 12.8. The van der Waals surface area contributed by atoms with Gasteiger partial charge in [-0.2, -0.15) is 0 Å². The molecule has 2 fully saturated rings. The number of nitrogens with one attached hydrogen (secondary N) is 1. The number of amides is 2. The number of hydrogen-bond acceptors (Lipinski definition) is 3. The molecule has 4 N–H and O–H groups in total. The summed E-state index contributed by atoms with van der Waals surface area (Å²) < 4.78 is 0. The predicted octanol–water partition coefficient (Wildman–Crippen LogP) is 1.40. The van der Waals surface area contributed by atoms with Gasteiger partial charge in [0.2, 0.25) is 0 Å². The summed E-state index contributed by atoms with van der Waals surface area (Å²) in [5.41, 5.74) is 4.55. The van der Waals surface area contributed by atoms with E-state index >= 15 is 0 Å². The van der Waals surface area contributed by atoms with Crippen molar-refractivity contribution in [2.24, 2.45) is 17.6 Å². The Balaban J connectivity index is 1.97. The molecule has 120 valence electrons. The molecule has 21 heavy (non-hydrogen) atoms. The van der Waals surface area contributed by atoms with Gasteiger partial charge in [-0.3, -0.25) is 0 Å². The lowest BCUT2D eigenvalue weighted by atomic mass is 9.75. The van der Waals surface area contributed by atoms with Gasteiger partial charge >= 0.3 is 12.0 Å². The Kier molecular flexibility index (Phi) is 5.08. The average molecular weight is 297 g/mol. The van der Waals surface area contributed by atoms with Gasteiger partial charge in [-0.05, 0) is 50.5 Å². The Labute approximate surface area is 126 Å². The van der Waals surface area contributed by atoms with Crippen molar-refractivity contribution in [1.29, 1.82) is 0 Å². The fraction of sp³-hybridized carbons (Fsp3) is 0.867. The molecule has 1 aliphatic carbocycles. The number of carbonyl (C=O) groups excluding carboxylic acids is 1. The van der Waals surface area contributed by atoms with Crippen LogP contribution in [0.3, 0.4) is 0 Å². The maximum Gasteiger partial charge on any atom is 0.329 e. The molecule has 1 atom stereocenters. The number of carbonyl (C=O) groups is 2. The molecule has 0 radical (unpaired) electrons. The highest BCUT2D eigenvalue weighted by Crippen LogP contribution is 2.34. The van der Waals surface area contributed by atoms with Crippen LogP contribution in [0.1, 0.15) is 45.4 Å². The molecule has 0 spiro atoms. The molecule has 0 bridgehead atoms. The highest BCUT2D eigenvalue weighted by molar-refractivity contribution is 5.86. The highest BCUT2D eigenvalue weighted by atomic mass is 16.4. The van der Waals surface area contributed by atoms with Gasteiger partial charge < -0.3 is 21.1 Å². The Bertz CT molecular complexity index is 392. The van der Waals surface area contributed by atoms with Crippen molar-refractivity contribution in [2.75, 3.05) is 19.6 Å². The van der Waals surface area contributed by atoms with Gasteiger partial charge in [0.15, 0.2) is 0 Å². The molecular formula is C15H27N3O3. The fourth-order valence-corrected chi connectivity index (χ4v) is 3.46. The third kappa shape index (κ3) is 3.48. The van der Waals surface area contributed by atoms with E-state index in [-0.39, 0.29) is 6.03 Å². The van der Waals surface area contributed by atoms with Crippen molar-refractivity contribution >= 4 is 12.0 Å². The van der Waals surface area contributed by atoms with Crippen LogP contribution in [-0.2, 0) is 4.79 Å². The largest absolute Gasteiger partial charge is 0.480 e. The summed E-state index contributed by atoms with van der Waals surface area (Å²) in [4.78, 5) is 25.7. The summed E-state index contributed by atoms with van der Waals surface area (Å²) in [6.45, 7) is 4.01. The topological polar surface area (TPSA) is 95.7 Å². The molecule has 0 aromatic carbocycles. The third-order valence-corrected chi connectivity index (χ3v) is 5.20. The second-order valence-corrected chi connectivity index (χ2v) is 6.51. The number of nitrogens with two attached hydrogens (primary N) is 1. The van der Waals surface area contributed by atoms with Gasteiger partial charge in [0, 0.05) is 13.1 Å². The van der Waals surface area contributed by atoms with Crippen LogP contribution >= 0.6 is 0 Å². The van der Waals surface area contributed by atoms with E-state index in [1.54, 1.807) is 4.90 Å². The minimum absolute atomic E-state index is 0.247. The molecule has 1 aliphatic heterocycles. The molecule has 6 nitrogen and oxygen atoms in total. The Morgan fingerprint density at radius 3 is 2.43 bits per heavy atom. The van der Waals surface area contributed by atoms with Crippen LogP contribution in [0.15, 0.2) is 0 Å². The van der Waals surface area contributed by atoms with Crippen molar-refractivity contribution in [1.82, 2.24) is 10.2 Å². The Hall–Kier alpha value is -1.30. The van der Waals surface area contributed by atoms with Gasteiger partial charge in [0.25, 0.3) is 0 Å². The van der Waals surface area contributed by atoms with Crippen molar-refractivity contribution in [3.63, 3.8) is 0 Å². The molecular weight excluding hydrogens is 270 g/mol. The van der Waals surface area contributed by atoms with E-state index in [1.165, 1.54) is 0 Å². The number of carboxylic acid groups (broad SMARTS) is 1. The van der Waals surface area contributed by atoms with Gasteiger partial charge in [-0.15, -0.1) is 0 Å². The van der Waals surface area contributed by atoms with Crippen LogP contribution in [0, 0.1) is 11.8 Å². The van der Waals surface area contributed by atoms with Gasteiger partial charge in [-0.1, -0.05) is 13.3 Å². The standard InChI is InChI=1S/C15H27N3O3/c1-2-11-3-6-15(7-4-11,13(19)20)17-14(21)18-8-5-12(9-16)10-18/h11-12H,2-10,16H2,1H3,(H,17,21)(H,19,20). The smallest absolute Gasteiger partial charge is 0.329 e. The zero-order valence-electron chi connectivity index (χ0n) is 12.8. The summed E-state index contributed by atoms with van der Waals surface area (Å²) in [6, 6.07) is -0.247. The van der Waals surface area contributed by atoms with Crippen LogP contribution in [0.25, 0.3) is 0 Å². The molecule has 1 saturated heterocycles. The maximum atomic E-state index is 12.3. The first-order chi connectivity index (χ1) is 10.0. The summed E-state index contributed by atoms with van der Waals surface area (Å²) in [6.07, 6.45) is 4.78. The van der Waals surface area contributed by atoms with Crippen molar-refractivity contribution in [3.8, 4) is 0 Å². The van der Waals surface area contributed by atoms with E-state index in [0.717, 1.165) is 25.7 Å².